The topological polar surface area (TPSA) is 105 Å². The lowest BCUT2D eigenvalue weighted by molar-refractivity contribution is -0.147. The zero-order valence-corrected chi connectivity index (χ0v) is 11.8. The predicted octanol–water partition coefficient (Wildman–Crippen LogP) is -0.177. The van der Waals surface area contributed by atoms with E-state index in [1.807, 2.05) is 13.8 Å². The number of ether oxygens (including phenoxy) is 2. The van der Waals surface area contributed by atoms with E-state index in [0.29, 0.717) is 19.7 Å². The predicted molar refractivity (Wildman–Crippen MR) is 68.2 cm³/mol. The molecule has 0 bridgehead atoms. The van der Waals surface area contributed by atoms with E-state index in [-0.39, 0.29) is 0 Å². The quantitative estimate of drug-likeness (QED) is 0.695. The van der Waals surface area contributed by atoms with Crippen molar-refractivity contribution in [2.24, 2.45) is 0 Å². The molecule has 2 N–H and O–H groups in total. The van der Waals surface area contributed by atoms with Crippen molar-refractivity contribution in [3.8, 4) is 0 Å². The smallest absolute Gasteiger partial charge is 0.326 e. The van der Waals surface area contributed by atoms with Crippen LogP contribution in [0, 0.1) is 0 Å². The fourth-order valence-electron chi connectivity index (χ4n) is 1.88. The van der Waals surface area contributed by atoms with Crippen molar-refractivity contribution in [3.63, 3.8) is 0 Å². The number of amides is 2. The third-order valence-electron chi connectivity index (χ3n) is 2.91. The Balaban J connectivity index is 2.61. The highest BCUT2D eigenvalue weighted by Gasteiger charge is 2.32. The summed E-state index contributed by atoms with van der Waals surface area (Å²) in [5, 5.41) is 11.3. The molecule has 0 saturated carbocycles. The van der Waals surface area contributed by atoms with Crippen molar-refractivity contribution >= 4 is 18.0 Å². The highest BCUT2D eigenvalue weighted by Crippen LogP contribution is 2.16. The van der Waals surface area contributed by atoms with E-state index in [0.717, 1.165) is 7.11 Å². The fourth-order valence-corrected chi connectivity index (χ4v) is 1.88. The summed E-state index contributed by atoms with van der Waals surface area (Å²) in [4.78, 5) is 35.6. The molecule has 20 heavy (non-hydrogen) atoms. The number of nitrogens with one attached hydrogen (secondary N) is 1. The number of morpholine rings is 1. The van der Waals surface area contributed by atoms with E-state index in [4.69, 9.17) is 9.84 Å². The number of carboxylic acids is 1. The maximum Gasteiger partial charge on any atom is 0.326 e. The van der Waals surface area contributed by atoms with Gasteiger partial charge in [-0.1, -0.05) is 0 Å². The number of rotatable bonds is 4. The second kappa shape index (κ2) is 6.56. The minimum Gasteiger partial charge on any atom is -0.480 e. The lowest BCUT2D eigenvalue weighted by Gasteiger charge is -2.38. The maximum absolute atomic E-state index is 12.0. The van der Waals surface area contributed by atoms with Crippen molar-refractivity contribution < 1.29 is 29.0 Å². The monoisotopic (exact) mass is 288 g/mol. The van der Waals surface area contributed by atoms with E-state index >= 15 is 0 Å². The summed E-state index contributed by atoms with van der Waals surface area (Å²) in [5.74, 6) is -1.98. The first-order valence-electron chi connectivity index (χ1n) is 6.24. The van der Waals surface area contributed by atoms with Crippen LogP contribution in [0.15, 0.2) is 0 Å². The van der Waals surface area contributed by atoms with Gasteiger partial charge in [0.05, 0.1) is 32.3 Å². The first-order chi connectivity index (χ1) is 9.25. The second-order valence-corrected chi connectivity index (χ2v) is 5.15. The molecule has 0 aromatic rings. The average Bonchev–Trinajstić information content (AvgIpc) is 2.36. The minimum absolute atomic E-state index is 0.351. The number of aliphatic carboxylic acids is 1. The number of urea groups is 1. The molecule has 1 atom stereocenters. The molecule has 0 aromatic carbocycles. The zero-order chi connectivity index (χ0) is 15.3. The molecular formula is C12H20N2O6. The molecule has 2 amide bonds. The van der Waals surface area contributed by atoms with Crippen LogP contribution in [0.5, 0.6) is 0 Å². The first-order valence-corrected chi connectivity index (χ1v) is 6.24. The highest BCUT2D eigenvalue weighted by molar-refractivity contribution is 5.86. The highest BCUT2D eigenvalue weighted by atomic mass is 16.5. The maximum atomic E-state index is 12.0. The fraction of sp³-hybridized carbons (Fsp3) is 0.750. The Hall–Kier alpha value is -1.83. The number of esters is 1. The first kappa shape index (κ1) is 16.2. The zero-order valence-electron chi connectivity index (χ0n) is 11.8. The molecule has 1 fully saturated rings. The number of hydrogen-bond acceptors (Lipinski definition) is 5. The number of carbonyl (C=O) groups is 3. The molecule has 1 rings (SSSR count). The third kappa shape index (κ3) is 4.69. The van der Waals surface area contributed by atoms with Gasteiger partial charge in [0.25, 0.3) is 0 Å². The van der Waals surface area contributed by atoms with Gasteiger partial charge in [-0.3, -0.25) is 4.79 Å². The largest absolute Gasteiger partial charge is 0.480 e. The van der Waals surface area contributed by atoms with Crippen LogP contribution in [-0.4, -0.2) is 66.4 Å². The minimum atomic E-state index is -1.30. The van der Waals surface area contributed by atoms with Gasteiger partial charge < -0.3 is 24.8 Å². The molecular weight excluding hydrogens is 268 g/mol. The Morgan fingerprint density at radius 3 is 2.60 bits per heavy atom. The van der Waals surface area contributed by atoms with Gasteiger partial charge in [0.2, 0.25) is 0 Å². The van der Waals surface area contributed by atoms with Crippen molar-refractivity contribution in [3.05, 3.63) is 0 Å². The molecule has 0 unspecified atom stereocenters. The standard InChI is InChI=1S/C12H20N2O6/c1-12(2)7-14(4-5-20-12)11(18)13-8(10(16)17)6-9(15)19-3/h8H,4-7H2,1-3H3,(H,13,18)(H,16,17)/t8-/m0/s1. The normalized spacial score (nSPS) is 19.1. The summed E-state index contributed by atoms with van der Waals surface area (Å²) in [7, 11) is 1.16. The van der Waals surface area contributed by atoms with Crippen LogP contribution in [0.1, 0.15) is 20.3 Å². The van der Waals surface area contributed by atoms with Gasteiger partial charge in [0.15, 0.2) is 0 Å². The lowest BCUT2D eigenvalue weighted by Crippen LogP contribution is -2.56. The Morgan fingerprint density at radius 1 is 1.45 bits per heavy atom. The van der Waals surface area contributed by atoms with Crippen LogP contribution in [-0.2, 0) is 19.1 Å². The van der Waals surface area contributed by atoms with E-state index < -0.39 is 36.0 Å². The van der Waals surface area contributed by atoms with E-state index in [1.54, 1.807) is 0 Å². The molecule has 0 aliphatic carbocycles. The average molecular weight is 288 g/mol. The molecule has 0 aromatic heterocycles. The SMILES string of the molecule is COC(=O)C[C@H](NC(=O)N1CCOC(C)(C)C1)C(=O)O. The van der Waals surface area contributed by atoms with Crippen LogP contribution in [0.3, 0.4) is 0 Å². The number of methoxy groups -OCH3 is 1. The molecule has 114 valence electrons. The number of carboxylic acid groups (broad SMARTS) is 1. The van der Waals surface area contributed by atoms with Gasteiger partial charge in [-0.15, -0.1) is 0 Å². The number of carbonyl (C=O) groups excluding carboxylic acids is 2. The van der Waals surface area contributed by atoms with Crippen molar-refractivity contribution in [2.75, 3.05) is 26.8 Å². The summed E-state index contributed by atoms with van der Waals surface area (Å²) >= 11 is 0. The summed E-state index contributed by atoms with van der Waals surface area (Å²) in [6.45, 7) is 4.80. The van der Waals surface area contributed by atoms with E-state index in [9.17, 15) is 14.4 Å². The summed E-state index contributed by atoms with van der Waals surface area (Å²) in [6, 6.07) is -1.83. The molecule has 0 radical (unpaired) electrons. The van der Waals surface area contributed by atoms with Crippen LogP contribution >= 0.6 is 0 Å². The summed E-state index contributed by atoms with van der Waals surface area (Å²) in [6.07, 6.45) is -0.411. The van der Waals surface area contributed by atoms with Crippen molar-refractivity contribution in [2.45, 2.75) is 31.9 Å². The van der Waals surface area contributed by atoms with Crippen LogP contribution in [0.25, 0.3) is 0 Å². The van der Waals surface area contributed by atoms with Crippen LogP contribution in [0.4, 0.5) is 4.79 Å². The van der Waals surface area contributed by atoms with Gasteiger partial charge in [0.1, 0.15) is 6.04 Å². The van der Waals surface area contributed by atoms with Gasteiger partial charge in [-0.2, -0.15) is 0 Å². The lowest BCUT2D eigenvalue weighted by atomic mass is 10.1. The van der Waals surface area contributed by atoms with Gasteiger partial charge in [0, 0.05) is 6.54 Å². The number of hydrogen-bond donors (Lipinski definition) is 2. The Labute approximate surface area is 117 Å². The second-order valence-electron chi connectivity index (χ2n) is 5.15. The Morgan fingerprint density at radius 2 is 2.10 bits per heavy atom. The van der Waals surface area contributed by atoms with Crippen molar-refractivity contribution in [1.29, 1.82) is 0 Å². The third-order valence-corrected chi connectivity index (χ3v) is 2.91. The molecule has 1 aliphatic heterocycles. The van der Waals surface area contributed by atoms with Gasteiger partial charge >= 0.3 is 18.0 Å². The van der Waals surface area contributed by atoms with E-state index in [1.165, 1.54) is 4.90 Å². The Bertz CT molecular complexity index is 395. The van der Waals surface area contributed by atoms with Gasteiger partial charge in [-0.05, 0) is 13.8 Å². The molecule has 0 spiro atoms. The molecule has 1 saturated heterocycles. The van der Waals surface area contributed by atoms with Crippen molar-refractivity contribution in [1.82, 2.24) is 10.2 Å². The molecule has 8 nitrogen and oxygen atoms in total. The van der Waals surface area contributed by atoms with Crippen LogP contribution < -0.4 is 5.32 Å². The molecule has 1 aliphatic rings. The van der Waals surface area contributed by atoms with E-state index in [2.05, 4.69) is 10.1 Å². The molecule has 1 heterocycles. The van der Waals surface area contributed by atoms with Crippen LogP contribution in [0.2, 0.25) is 0 Å². The molecule has 8 heteroatoms. The summed E-state index contributed by atoms with van der Waals surface area (Å²) < 4.78 is 9.87. The number of nitrogens with zero attached hydrogens (tertiary/aromatic N) is 1. The summed E-state index contributed by atoms with van der Waals surface area (Å²) in [5.41, 5.74) is -0.476. The van der Waals surface area contributed by atoms with Gasteiger partial charge in [-0.25, -0.2) is 9.59 Å². The Kier molecular flexibility index (Phi) is 5.32.